The molecule has 0 saturated carbocycles. The molecule has 0 fully saturated rings. The molecule has 0 aliphatic heterocycles. The van der Waals surface area contributed by atoms with Crippen LogP contribution in [0.25, 0.3) is 0 Å². The molecule has 3 heteroatoms. The highest BCUT2D eigenvalue weighted by molar-refractivity contribution is 5.69. The fourth-order valence-corrected chi connectivity index (χ4v) is 5.08. The summed E-state index contributed by atoms with van der Waals surface area (Å²) in [7, 11) is 4.16. The van der Waals surface area contributed by atoms with Gasteiger partial charge < -0.3 is 9.64 Å². The number of carbonyl (C=O) groups is 1. The van der Waals surface area contributed by atoms with Gasteiger partial charge in [-0.05, 0) is 123 Å². The lowest BCUT2D eigenvalue weighted by Gasteiger charge is -2.17. The van der Waals surface area contributed by atoms with E-state index in [0.717, 1.165) is 51.5 Å². The highest BCUT2D eigenvalue weighted by atomic mass is 16.5. The van der Waals surface area contributed by atoms with E-state index in [0.29, 0.717) is 6.42 Å². The molecule has 0 radical (unpaired) electrons. The van der Waals surface area contributed by atoms with Gasteiger partial charge in [0, 0.05) is 6.42 Å². The highest BCUT2D eigenvalue weighted by Gasteiger charge is 2.13. The predicted molar refractivity (Wildman–Crippen MR) is 183 cm³/mol. The first-order valence-electron chi connectivity index (χ1n) is 17.9. The van der Waals surface area contributed by atoms with Crippen molar-refractivity contribution in [2.24, 2.45) is 0 Å². The van der Waals surface area contributed by atoms with Crippen LogP contribution in [-0.4, -0.2) is 37.6 Å². The number of ether oxygens (including phenoxy) is 1. The van der Waals surface area contributed by atoms with Crippen LogP contribution in [0.4, 0.5) is 0 Å². The molecule has 1 unspecified atom stereocenters. The Balaban J connectivity index is 4.06. The molecule has 3 nitrogen and oxygen atoms in total. The summed E-state index contributed by atoms with van der Waals surface area (Å²) in [5, 5.41) is 0. The normalized spacial score (nSPS) is 12.9. The number of carbonyl (C=O) groups excluding carboxylic acids is 1. The lowest BCUT2D eigenvalue weighted by Crippen LogP contribution is -2.19. The van der Waals surface area contributed by atoms with Crippen LogP contribution in [0.15, 0.2) is 36.5 Å². The maximum atomic E-state index is 12.5. The van der Waals surface area contributed by atoms with Gasteiger partial charge in [-0.25, -0.2) is 0 Å². The molecule has 0 N–H and O–H groups in total. The first-order valence-corrected chi connectivity index (χ1v) is 17.9. The van der Waals surface area contributed by atoms with Gasteiger partial charge in [-0.3, -0.25) is 4.79 Å². The molecule has 0 aromatic heterocycles. The summed E-state index contributed by atoms with van der Waals surface area (Å²) in [5.41, 5.74) is 0. The Hall–Kier alpha value is -1.35. The van der Waals surface area contributed by atoms with Crippen LogP contribution in [0.5, 0.6) is 0 Å². The third-order valence-electron chi connectivity index (χ3n) is 7.78. The molecule has 0 amide bonds. The van der Waals surface area contributed by atoms with Gasteiger partial charge in [-0.1, -0.05) is 102 Å². The number of rotatable bonds is 31. The molecule has 0 saturated heterocycles. The average Bonchev–Trinajstić information content (AvgIpc) is 2.95. The van der Waals surface area contributed by atoms with Gasteiger partial charge in [0.25, 0.3) is 0 Å². The van der Waals surface area contributed by atoms with Crippen LogP contribution >= 0.6 is 0 Å². The van der Waals surface area contributed by atoms with Gasteiger partial charge >= 0.3 is 5.97 Å². The highest BCUT2D eigenvalue weighted by Crippen LogP contribution is 2.16. The Bertz CT molecular complexity index is 622. The quantitative estimate of drug-likeness (QED) is 0.0469. The van der Waals surface area contributed by atoms with Crippen molar-refractivity contribution < 1.29 is 9.53 Å². The minimum atomic E-state index is -0.00319. The SMILES string of the molecule is CCCCC/C=C\CCCCCCCC/C=C/CCC(CCCC/C=C/CCCCC)OC(=O)CCCCN(C)C. The van der Waals surface area contributed by atoms with E-state index in [9.17, 15) is 4.79 Å². The lowest BCUT2D eigenvalue weighted by molar-refractivity contribution is -0.149. The van der Waals surface area contributed by atoms with Crippen LogP contribution in [0.2, 0.25) is 0 Å². The van der Waals surface area contributed by atoms with Crippen molar-refractivity contribution in [1.29, 1.82) is 0 Å². The molecule has 0 spiro atoms. The third-order valence-corrected chi connectivity index (χ3v) is 7.78. The molecule has 0 aromatic rings. The minimum Gasteiger partial charge on any atom is -0.462 e. The topological polar surface area (TPSA) is 29.5 Å². The van der Waals surface area contributed by atoms with Gasteiger partial charge in [0.15, 0.2) is 0 Å². The molecular formula is C38H71NO2. The van der Waals surface area contributed by atoms with Crippen molar-refractivity contribution in [3.05, 3.63) is 36.5 Å². The van der Waals surface area contributed by atoms with E-state index in [1.54, 1.807) is 0 Å². The molecule has 41 heavy (non-hydrogen) atoms. The molecule has 0 aliphatic carbocycles. The standard InChI is InChI=1S/C38H71NO2/c1-5-7-9-11-13-15-16-17-18-19-20-21-22-24-26-28-30-34-37(41-38(40)35-31-32-36-39(3)4)33-29-27-25-23-14-12-10-8-6-2/h13-15,23,26,28,37H,5-12,16-22,24-25,27,29-36H2,1-4H3/b15-13-,23-14+,28-26+. The van der Waals surface area contributed by atoms with Crippen LogP contribution in [0.1, 0.15) is 174 Å². The summed E-state index contributed by atoms with van der Waals surface area (Å²) in [6, 6.07) is 0. The Labute approximate surface area is 257 Å². The first kappa shape index (κ1) is 39.6. The zero-order valence-electron chi connectivity index (χ0n) is 28.2. The monoisotopic (exact) mass is 574 g/mol. The zero-order valence-corrected chi connectivity index (χ0v) is 28.2. The molecule has 0 rings (SSSR count). The Morgan fingerprint density at radius 2 is 0.976 bits per heavy atom. The molecule has 0 bridgehead atoms. The molecular weight excluding hydrogens is 502 g/mol. The molecule has 240 valence electrons. The summed E-state index contributed by atoms with van der Waals surface area (Å²) in [4.78, 5) is 14.6. The molecule has 0 heterocycles. The maximum absolute atomic E-state index is 12.5. The predicted octanol–water partition coefficient (Wildman–Crippen LogP) is 11.9. The summed E-state index contributed by atoms with van der Waals surface area (Å²) < 4.78 is 5.95. The second-order valence-electron chi connectivity index (χ2n) is 12.3. The Morgan fingerprint density at radius 1 is 0.537 bits per heavy atom. The number of hydrogen-bond donors (Lipinski definition) is 0. The van der Waals surface area contributed by atoms with Gasteiger partial charge in [-0.15, -0.1) is 0 Å². The smallest absolute Gasteiger partial charge is 0.306 e. The van der Waals surface area contributed by atoms with E-state index in [2.05, 4.69) is 69.3 Å². The van der Waals surface area contributed by atoms with Crippen LogP contribution in [0, 0.1) is 0 Å². The summed E-state index contributed by atoms with van der Waals surface area (Å²) in [5.74, 6) is -0.00319. The fourth-order valence-electron chi connectivity index (χ4n) is 5.08. The van der Waals surface area contributed by atoms with E-state index in [4.69, 9.17) is 4.74 Å². The van der Waals surface area contributed by atoms with Crippen LogP contribution in [0.3, 0.4) is 0 Å². The van der Waals surface area contributed by atoms with Crippen molar-refractivity contribution in [3.8, 4) is 0 Å². The minimum absolute atomic E-state index is 0.00319. The van der Waals surface area contributed by atoms with Gasteiger partial charge in [0.2, 0.25) is 0 Å². The van der Waals surface area contributed by atoms with E-state index >= 15 is 0 Å². The second kappa shape index (κ2) is 33.2. The van der Waals surface area contributed by atoms with Crippen LogP contribution in [-0.2, 0) is 9.53 Å². The first-order chi connectivity index (χ1) is 20.1. The van der Waals surface area contributed by atoms with Crippen molar-refractivity contribution in [2.45, 2.75) is 180 Å². The van der Waals surface area contributed by atoms with E-state index in [1.165, 1.54) is 109 Å². The summed E-state index contributed by atoms with van der Waals surface area (Å²) in [6.07, 6.45) is 44.2. The summed E-state index contributed by atoms with van der Waals surface area (Å²) in [6.45, 7) is 5.56. The Kier molecular flexibility index (Phi) is 32.1. The molecule has 1 atom stereocenters. The van der Waals surface area contributed by atoms with E-state index in [-0.39, 0.29) is 12.1 Å². The van der Waals surface area contributed by atoms with Crippen molar-refractivity contribution in [1.82, 2.24) is 4.90 Å². The van der Waals surface area contributed by atoms with Crippen molar-refractivity contribution >= 4 is 5.97 Å². The van der Waals surface area contributed by atoms with Gasteiger partial charge in [0.1, 0.15) is 6.10 Å². The maximum Gasteiger partial charge on any atom is 0.306 e. The van der Waals surface area contributed by atoms with Crippen LogP contribution < -0.4 is 0 Å². The number of hydrogen-bond acceptors (Lipinski definition) is 3. The molecule has 0 aromatic carbocycles. The molecule has 0 aliphatic rings. The summed E-state index contributed by atoms with van der Waals surface area (Å²) >= 11 is 0. The Morgan fingerprint density at radius 3 is 1.46 bits per heavy atom. The van der Waals surface area contributed by atoms with Gasteiger partial charge in [0.05, 0.1) is 0 Å². The van der Waals surface area contributed by atoms with E-state index in [1.807, 2.05) is 0 Å². The van der Waals surface area contributed by atoms with Crippen molar-refractivity contribution in [2.75, 3.05) is 20.6 Å². The zero-order chi connectivity index (χ0) is 30.1. The fraction of sp³-hybridized carbons (Fsp3) is 0.816. The number of allylic oxidation sites excluding steroid dienone is 6. The number of nitrogens with zero attached hydrogens (tertiary/aromatic N) is 1. The number of esters is 1. The van der Waals surface area contributed by atoms with Gasteiger partial charge in [-0.2, -0.15) is 0 Å². The second-order valence-corrected chi connectivity index (χ2v) is 12.3. The lowest BCUT2D eigenvalue weighted by atomic mass is 10.0. The van der Waals surface area contributed by atoms with E-state index < -0.39 is 0 Å². The largest absolute Gasteiger partial charge is 0.462 e. The van der Waals surface area contributed by atoms with Crippen molar-refractivity contribution in [3.63, 3.8) is 0 Å². The average molecular weight is 574 g/mol. The number of unbranched alkanes of at least 4 members (excludes halogenated alkanes) is 16. The third kappa shape index (κ3) is 33.0.